The van der Waals surface area contributed by atoms with Crippen LogP contribution < -0.4 is 0 Å². The van der Waals surface area contributed by atoms with Gasteiger partial charge in [0.15, 0.2) is 0 Å². The lowest BCUT2D eigenvalue weighted by Crippen LogP contribution is -2.05. The lowest BCUT2D eigenvalue weighted by atomic mass is 10.2. The zero-order valence-electron chi connectivity index (χ0n) is 11.0. The summed E-state index contributed by atoms with van der Waals surface area (Å²) in [6, 6.07) is 0. The van der Waals surface area contributed by atoms with Gasteiger partial charge in [0.1, 0.15) is 0 Å². The molecule has 0 fully saturated rings. The van der Waals surface area contributed by atoms with Crippen LogP contribution in [-0.2, 0) is 21.3 Å². The van der Waals surface area contributed by atoms with E-state index in [0.717, 1.165) is 10.6 Å². The molecule has 0 saturated heterocycles. The molecule has 1 aromatic rings. The van der Waals surface area contributed by atoms with Crippen molar-refractivity contribution in [3.8, 4) is 0 Å². The molecular formula is C12H17NO4S. The Labute approximate surface area is 110 Å². The first kappa shape index (κ1) is 14.6. The van der Waals surface area contributed by atoms with E-state index >= 15 is 0 Å². The molecule has 0 N–H and O–H groups in total. The second kappa shape index (κ2) is 6.49. The van der Waals surface area contributed by atoms with E-state index in [1.165, 1.54) is 26.0 Å². The molecule has 0 bridgehead atoms. The maximum Gasteiger partial charge on any atom is 0.340 e. The van der Waals surface area contributed by atoms with Crippen LogP contribution in [0.3, 0.4) is 0 Å². The molecular weight excluding hydrogens is 254 g/mol. The number of aryl methyl sites for hydroxylation is 1. The third-order valence-corrected chi connectivity index (χ3v) is 3.66. The van der Waals surface area contributed by atoms with E-state index in [0.29, 0.717) is 17.7 Å². The van der Waals surface area contributed by atoms with Crippen LogP contribution in [0.15, 0.2) is 11.1 Å². The van der Waals surface area contributed by atoms with Crippen LogP contribution in [0.2, 0.25) is 0 Å². The highest BCUT2D eigenvalue weighted by atomic mass is 32.2. The van der Waals surface area contributed by atoms with Crippen molar-refractivity contribution in [2.45, 2.75) is 18.2 Å². The number of aromatic nitrogens is 1. The number of carbonyl (C=O) groups is 2. The fourth-order valence-corrected chi connectivity index (χ4v) is 2.59. The summed E-state index contributed by atoms with van der Waals surface area (Å²) in [6.45, 7) is 1.86. The summed E-state index contributed by atoms with van der Waals surface area (Å²) >= 11 is 1.45. The van der Waals surface area contributed by atoms with E-state index in [9.17, 15) is 9.59 Å². The quantitative estimate of drug-likeness (QED) is 0.603. The number of methoxy groups -OCH3 is 2. The van der Waals surface area contributed by atoms with Crippen molar-refractivity contribution in [2.24, 2.45) is 7.05 Å². The van der Waals surface area contributed by atoms with Gasteiger partial charge in [0.2, 0.25) is 0 Å². The minimum atomic E-state index is -0.353. The Hall–Kier alpha value is -1.43. The third kappa shape index (κ3) is 3.29. The zero-order chi connectivity index (χ0) is 13.7. The fourth-order valence-electron chi connectivity index (χ4n) is 1.50. The topological polar surface area (TPSA) is 57.5 Å². The molecule has 0 radical (unpaired) electrons. The average molecular weight is 271 g/mol. The first-order valence-corrected chi connectivity index (χ1v) is 6.43. The van der Waals surface area contributed by atoms with Gasteiger partial charge in [-0.05, 0) is 6.92 Å². The molecule has 100 valence electrons. The van der Waals surface area contributed by atoms with Gasteiger partial charge in [-0.3, -0.25) is 4.79 Å². The van der Waals surface area contributed by atoms with Crippen molar-refractivity contribution >= 4 is 23.7 Å². The molecule has 0 atom stereocenters. The van der Waals surface area contributed by atoms with Gasteiger partial charge in [-0.25, -0.2) is 4.79 Å². The van der Waals surface area contributed by atoms with E-state index in [1.807, 2.05) is 24.7 Å². The molecule has 0 aliphatic rings. The number of nitrogens with zero attached hydrogens (tertiary/aromatic N) is 1. The standard InChI is InChI=1S/C12H17NO4S/c1-8-11(12(15)17-4)9(7-13(8)2)18-6-5-10(14)16-3/h7H,5-6H2,1-4H3. The maximum absolute atomic E-state index is 11.7. The highest BCUT2D eigenvalue weighted by Gasteiger charge is 2.19. The molecule has 0 aromatic carbocycles. The number of hydrogen-bond donors (Lipinski definition) is 0. The second-order valence-electron chi connectivity index (χ2n) is 3.73. The van der Waals surface area contributed by atoms with Gasteiger partial charge in [-0.2, -0.15) is 0 Å². The Balaban J connectivity index is 2.79. The molecule has 0 spiro atoms. The molecule has 1 heterocycles. The molecule has 0 aliphatic carbocycles. The van der Waals surface area contributed by atoms with Crippen molar-refractivity contribution in [3.05, 3.63) is 17.5 Å². The van der Waals surface area contributed by atoms with Crippen molar-refractivity contribution in [2.75, 3.05) is 20.0 Å². The first-order chi connectivity index (χ1) is 8.51. The summed E-state index contributed by atoms with van der Waals surface area (Å²) in [5, 5.41) is 0. The van der Waals surface area contributed by atoms with Gasteiger partial charge in [0.25, 0.3) is 0 Å². The van der Waals surface area contributed by atoms with Crippen molar-refractivity contribution in [1.82, 2.24) is 4.57 Å². The summed E-state index contributed by atoms with van der Waals surface area (Å²) in [4.78, 5) is 23.5. The van der Waals surface area contributed by atoms with Crippen LogP contribution >= 0.6 is 11.8 Å². The summed E-state index contributed by atoms with van der Waals surface area (Å²) < 4.78 is 11.2. The molecule has 6 heteroatoms. The monoisotopic (exact) mass is 271 g/mol. The largest absolute Gasteiger partial charge is 0.469 e. The van der Waals surface area contributed by atoms with Crippen molar-refractivity contribution < 1.29 is 19.1 Å². The average Bonchev–Trinajstić information content (AvgIpc) is 2.64. The first-order valence-electron chi connectivity index (χ1n) is 5.45. The third-order valence-electron chi connectivity index (χ3n) is 2.63. The maximum atomic E-state index is 11.7. The van der Waals surface area contributed by atoms with Crippen molar-refractivity contribution in [1.29, 1.82) is 0 Å². The number of ether oxygens (including phenoxy) is 2. The van der Waals surface area contributed by atoms with Crippen LogP contribution in [0.25, 0.3) is 0 Å². The summed E-state index contributed by atoms with van der Waals surface area (Å²) in [5.74, 6) is -0.0384. The number of carbonyl (C=O) groups excluding carboxylic acids is 2. The molecule has 1 rings (SSSR count). The Kier molecular flexibility index (Phi) is 5.27. The predicted octanol–water partition coefficient (Wildman–Crippen LogP) is 1.78. The summed E-state index contributed by atoms with van der Waals surface area (Å²) in [6.07, 6.45) is 2.18. The van der Waals surface area contributed by atoms with Gasteiger partial charge < -0.3 is 14.0 Å². The second-order valence-corrected chi connectivity index (χ2v) is 4.87. The van der Waals surface area contributed by atoms with Gasteiger partial charge >= 0.3 is 11.9 Å². The van der Waals surface area contributed by atoms with Gasteiger partial charge in [-0.15, -0.1) is 11.8 Å². The molecule has 0 aliphatic heterocycles. The van der Waals surface area contributed by atoms with Crippen LogP contribution in [-0.4, -0.2) is 36.5 Å². The number of esters is 2. The molecule has 0 unspecified atom stereocenters. The van der Waals surface area contributed by atoms with Gasteiger partial charge in [0, 0.05) is 29.6 Å². The Morgan fingerprint density at radius 3 is 2.56 bits per heavy atom. The highest BCUT2D eigenvalue weighted by Crippen LogP contribution is 2.28. The number of hydrogen-bond acceptors (Lipinski definition) is 5. The van der Waals surface area contributed by atoms with Gasteiger partial charge in [-0.1, -0.05) is 0 Å². The van der Waals surface area contributed by atoms with E-state index < -0.39 is 0 Å². The van der Waals surface area contributed by atoms with Crippen LogP contribution in [0.5, 0.6) is 0 Å². The minimum absolute atomic E-state index is 0.255. The summed E-state index contributed by atoms with van der Waals surface area (Å²) in [5.41, 5.74) is 1.41. The van der Waals surface area contributed by atoms with E-state index in [2.05, 4.69) is 4.74 Å². The Bertz CT molecular complexity index is 453. The summed E-state index contributed by atoms with van der Waals surface area (Å²) in [7, 11) is 4.59. The fraction of sp³-hybridized carbons (Fsp3) is 0.500. The minimum Gasteiger partial charge on any atom is -0.469 e. The Morgan fingerprint density at radius 1 is 1.33 bits per heavy atom. The zero-order valence-corrected chi connectivity index (χ0v) is 11.8. The lowest BCUT2D eigenvalue weighted by molar-refractivity contribution is -0.140. The molecule has 0 amide bonds. The van der Waals surface area contributed by atoms with E-state index in [1.54, 1.807) is 0 Å². The number of rotatable bonds is 5. The molecule has 5 nitrogen and oxygen atoms in total. The highest BCUT2D eigenvalue weighted by molar-refractivity contribution is 7.99. The lowest BCUT2D eigenvalue weighted by Gasteiger charge is -2.03. The Morgan fingerprint density at radius 2 is 2.00 bits per heavy atom. The van der Waals surface area contributed by atoms with Gasteiger partial charge in [0.05, 0.1) is 26.2 Å². The van der Waals surface area contributed by atoms with Crippen molar-refractivity contribution in [3.63, 3.8) is 0 Å². The molecule has 18 heavy (non-hydrogen) atoms. The van der Waals surface area contributed by atoms with Crippen LogP contribution in [0, 0.1) is 6.92 Å². The van der Waals surface area contributed by atoms with E-state index in [4.69, 9.17) is 4.74 Å². The SMILES string of the molecule is COC(=O)CCSc1cn(C)c(C)c1C(=O)OC. The molecule has 1 aromatic heterocycles. The van der Waals surface area contributed by atoms with Crippen LogP contribution in [0.1, 0.15) is 22.5 Å². The predicted molar refractivity (Wildman–Crippen MR) is 68.8 cm³/mol. The number of thioether (sulfide) groups is 1. The smallest absolute Gasteiger partial charge is 0.340 e. The normalized spacial score (nSPS) is 10.2. The van der Waals surface area contributed by atoms with Crippen LogP contribution in [0.4, 0.5) is 0 Å². The van der Waals surface area contributed by atoms with E-state index in [-0.39, 0.29) is 11.9 Å². The molecule has 0 saturated carbocycles.